The second kappa shape index (κ2) is 1.54. The van der Waals surface area contributed by atoms with Crippen molar-refractivity contribution in [3.8, 4) is 0 Å². The number of rotatable bonds is 0. The molecule has 0 atom stereocenters. The molecule has 0 saturated carbocycles. The highest BCUT2D eigenvalue weighted by atomic mass is 16.1. The lowest BCUT2D eigenvalue weighted by atomic mass is 10.2. The van der Waals surface area contributed by atoms with E-state index in [2.05, 4.69) is 4.99 Å². The van der Waals surface area contributed by atoms with Gasteiger partial charge in [0.15, 0.2) is 0 Å². The van der Waals surface area contributed by atoms with Gasteiger partial charge in [-0.3, -0.25) is 4.79 Å². The molecule has 2 heteroatoms. The summed E-state index contributed by atoms with van der Waals surface area (Å²) in [6, 6.07) is 0. The molecule has 0 N–H and O–H groups in total. The van der Waals surface area contributed by atoms with E-state index in [9.17, 15) is 4.79 Å². The van der Waals surface area contributed by atoms with Gasteiger partial charge in [-0.1, -0.05) is 0 Å². The van der Waals surface area contributed by atoms with E-state index in [-0.39, 0.29) is 5.91 Å². The first-order valence-corrected chi connectivity index (χ1v) is 2.48. The second-order valence-electron chi connectivity index (χ2n) is 1.86. The van der Waals surface area contributed by atoms with Gasteiger partial charge in [0.05, 0.1) is 0 Å². The molecule has 0 saturated heterocycles. The van der Waals surface area contributed by atoms with E-state index < -0.39 is 0 Å². The predicted molar refractivity (Wildman–Crippen MR) is 31.9 cm³/mol. The van der Waals surface area contributed by atoms with Gasteiger partial charge in [-0.2, -0.15) is 0 Å². The van der Waals surface area contributed by atoms with Crippen molar-refractivity contribution in [1.29, 1.82) is 0 Å². The molecule has 0 aliphatic carbocycles. The summed E-state index contributed by atoms with van der Waals surface area (Å²) in [6.07, 6.45) is 1.54. The molecule has 0 radical (unpaired) electrons. The lowest BCUT2D eigenvalue weighted by Gasteiger charge is -1.83. The Hall–Kier alpha value is -0.920. The van der Waals surface area contributed by atoms with Crippen LogP contribution >= 0.6 is 0 Å². The van der Waals surface area contributed by atoms with Crippen LogP contribution in [0.15, 0.2) is 16.6 Å². The number of allylic oxidation sites excluding steroid dienone is 1. The molecule has 8 heavy (non-hydrogen) atoms. The number of carbonyl (C=O) groups excluding carboxylic acids is 1. The van der Waals surface area contributed by atoms with E-state index in [1.165, 1.54) is 6.08 Å². The Morgan fingerprint density at radius 1 is 1.50 bits per heavy atom. The van der Waals surface area contributed by atoms with E-state index in [1.54, 1.807) is 0 Å². The second-order valence-corrected chi connectivity index (χ2v) is 1.86. The summed E-state index contributed by atoms with van der Waals surface area (Å²) in [4.78, 5) is 14.1. The minimum atomic E-state index is -0.125. The maximum Gasteiger partial charge on any atom is 0.270 e. The van der Waals surface area contributed by atoms with E-state index in [0.29, 0.717) is 0 Å². The van der Waals surface area contributed by atoms with Crippen molar-refractivity contribution < 1.29 is 4.79 Å². The summed E-state index contributed by atoms with van der Waals surface area (Å²) in [5.74, 6) is -0.125. The number of amides is 1. The van der Waals surface area contributed by atoms with Gasteiger partial charge in [0.2, 0.25) is 0 Å². The standard InChI is InChI=1S/C6H7NO/c1-4-3-6(8)7-5(4)2/h3H,1-2H3. The summed E-state index contributed by atoms with van der Waals surface area (Å²) in [6.45, 7) is 3.71. The summed E-state index contributed by atoms with van der Waals surface area (Å²) in [5.41, 5.74) is 1.82. The minimum absolute atomic E-state index is 0.125. The minimum Gasteiger partial charge on any atom is -0.267 e. The molecule has 0 aromatic heterocycles. The van der Waals surface area contributed by atoms with Crippen LogP contribution in [0.5, 0.6) is 0 Å². The monoisotopic (exact) mass is 109 g/mol. The molecule has 1 aliphatic rings. The van der Waals surface area contributed by atoms with Crippen LogP contribution < -0.4 is 0 Å². The van der Waals surface area contributed by atoms with Crippen LogP contribution in [0.2, 0.25) is 0 Å². The third kappa shape index (κ3) is 0.689. The van der Waals surface area contributed by atoms with Crippen molar-refractivity contribution in [2.24, 2.45) is 4.99 Å². The van der Waals surface area contributed by atoms with Gasteiger partial charge in [-0.15, -0.1) is 0 Å². The first kappa shape index (κ1) is 5.22. The largest absolute Gasteiger partial charge is 0.270 e. The Balaban J connectivity index is 2.98. The Morgan fingerprint density at radius 2 is 2.12 bits per heavy atom. The zero-order valence-corrected chi connectivity index (χ0v) is 4.93. The highest BCUT2D eigenvalue weighted by Gasteiger charge is 2.06. The van der Waals surface area contributed by atoms with Crippen molar-refractivity contribution in [3.05, 3.63) is 11.6 Å². The van der Waals surface area contributed by atoms with Crippen LogP contribution in [-0.4, -0.2) is 11.6 Å². The number of hydrogen-bond donors (Lipinski definition) is 0. The molecule has 0 aromatic rings. The Morgan fingerprint density at radius 3 is 2.25 bits per heavy atom. The zero-order chi connectivity index (χ0) is 6.15. The third-order valence-corrected chi connectivity index (χ3v) is 1.19. The van der Waals surface area contributed by atoms with E-state index in [4.69, 9.17) is 0 Å². The van der Waals surface area contributed by atoms with Crippen LogP contribution in [-0.2, 0) is 4.79 Å². The number of nitrogens with zero attached hydrogens (tertiary/aromatic N) is 1. The summed E-state index contributed by atoms with van der Waals surface area (Å²) in [7, 11) is 0. The SMILES string of the molecule is CC1=CC(=O)N=C1C. The predicted octanol–water partition coefficient (Wildman–Crippen LogP) is 0.934. The molecular formula is C6H7NO. The Labute approximate surface area is 47.9 Å². The number of hydrogen-bond acceptors (Lipinski definition) is 1. The molecule has 1 aliphatic heterocycles. The van der Waals surface area contributed by atoms with Crippen LogP contribution in [0, 0.1) is 0 Å². The van der Waals surface area contributed by atoms with Gasteiger partial charge in [0.25, 0.3) is 5.91 Å². The molecule has 42 valence electrons. The van der Waals surface area contributed by atoms with Crippen molar-refractivity contribution in [2.75, 3.05) is 0 Å². The van der Waals surface area contributed by atoms with E-state index in [0.717, 1.165) is 11.3 Å². The molecule has 0 unspecified atom stereocenters. The lowest BCUT2D eigenvalue weighted by Crippen LogP contribution is -1.85. The molecular weight excluding hydrogens is 102 g/mol. The average Bonchev–Trinajstić information content (AvgIpc) is 1.85. The van der Waals surface area contributed by atoms with Gasteiger partial charge in [0, 0.05) is 11.8 Å². The summed E-state index contributed by atoms with van der Waals surface area (Å²) >= 11 is 0. The third-order valence-electron chi connectivity index (χ3n) is 1.19. The summed E-state index contributed by atoms with van der Waals surface area (Å²) < 4.78 is 0. The van der Waals surface area contributed by atoms with Gasteiger partial charge in [0.1, 0.15) is 0 Å². The highest BCUT2D eigenvalue weighted by molar-refractivity contribution is 6.15. The van der Waals surface area contributed by atoms with Crippen LogP contribution in [0.3, 0.4) is 0 Å². The van der Waals surface area contributed by atoms with Gasteiger partial charge < -0.3 is 0 Å². The Bertz CT molecular complexity index is 169. The van der Waals surface area contributed by atoms with E-state index in [1.807, 2.05) is 13.8 Å². The molecule has 0 bridgehead atoms. The fourth-order valence-electron chi connectivity index (χ4n) is 0.575. The van der Waals surface area contributed by atoms with Crippen LogP contribution in [0.25, 0.3) is 0 Å². The van der Waals surface area contributed by atoms with Gasteiger partial charge in [-0.05, 0) is 19.4 Å². The number of aliphatic imine (C=N–C) groups is 1. The molecule has 0 spiro atoms. The van der Waals surface area contributed by atoms with E-state index >= 15 is 0 Å². The fourth-order valence-corrected chi connectivity index (χ4v) is 0.575. The molecule has 1 heterocycles. The lowest BCUT2D eigenvalue weighted by molar-refractivity contribution is -0.113. The number of carbonyl (C=O) groups is 1. The van der Waals surface area contributed by atoms with Gasteiger partial charge in [-0.25, -0.2) is 4.99 Å². The van der Waals surface area contributed by atoms with Crippen LogP contribution in [0.1, 0.15) is 13.8 Å². The topological polar surface area (TPSA) is 29.4 Å². The molecule has 1 rings (SSSR count). The van der Waals surface area contributed by atoms with Crippen molar-refractivity contribution in [1.82, 2.24) is 0 Å². The smallest absolute Gasteiger partial charge is 0.267 e. The van der Waals surface area contributed by atoms with Crippen molar-refractivity contribution >= 4 is 11.6 Å². The molecule has 0 aromatic carbocycles. The molecule has 1 amide bonds. The van der Waals surface area contributed by atoms with Gasteiger partial charge >= 0.3 is 0 Å². The molecule has 0 fully saturated rings. The fraction of sp³-hybridized carbons (Fsp3) is 0.333. The maximum atomic E-state index is 10.4. The van der Waals surface area contributed by atoms with Crippen LogP contribution in [0.4, 0.5) is 0 Å². The maximum absolute atomic E-state index is 10.4. The zero-order valence-electron chi connectivity index (χ0n) is 4.93. The molecule has 2 nitrogen and oxygen atoms in total. The highest BCUT2D eigenvalue weighted by Crippen LogP contribution is 2.04. The summed E-state index contributed by atoms with van der Waals surface area (Å²) in [5, 5.41) is 0. The first-order valence-electron chi connectivity index (χ1n) is 2.48. The Kier molecular flexibility index (Phi) is 1.01. The van der Waals surface area contributed by atoms with Crippen molar-refractivity contribution in [2.45, 2.75) is 13.8 Å². The quantitative estimate of drug-likeness (QED) is 0.455. The van der Waals surface area contributed by atoms with Crippen molar-refractivity contribution in [3.63, 3.8) is 0 Å². The average molecular weight is 109 g/mol. The normalized spacial score (nSPS) is 18.5. The first-order chi connectivity index (χ1) is 3.70.